The third kappa shape index (κ3) is 3.54. The molecule has 4 rings (SSSR count). The summed E-state index contributed by atoms with van der Waals surface area (Å²) >= 11 is 0. The van der Waals surface area contributed by atoms with Crippen LogP contribution in [0.3, 0.4) is 0 Å². The van der Waals surface area contributed by atoms with Gasteiger partial charge in [-0.3, -0.25) is 0 Å². The summed E-state index contributed by atoms with van der Waals surface area (Å²) in [5, 5.41) is 6.59. The van der Waals surface area contributed by atoms with Crippen molar-refractivity contribution in [1.82, 2.24) is 0 Å². The lowest BCUT2D eigenvalue weighted by Crippen LogP contribution is -2.02. The number of nitrogens with one attached hydrogen (secondary N) is 2. The van der Waals surface area contributed by atoms with Gasteiger partial charge in [0.2, 0.25) is 0 Å². The number of benzene rings is 2. The molecule has 4 nitrogen and oxygen atoms in total. The summed E-state index contributed by atoms with van der Waals surface area (Å²) in [5.74, 6) is 0. The molecule has 0 spiro atoms. The lowest BCUT2D eigenvalue weighted by atomic mass is 10.0. The number of rotatable bonds is 6. The SMILES string of the molecule is c1cc(NC2CO2)ccc1Cc1ccc(NC2CO2)cc1. The monoisotopic (exact) mass is 282 g/mol. The fourth-order valence-electron chi connectivity index (χ4n) is 2.31. The maximum absolute atomic E-state index is 5.16. The molecule has 2 aromatic rings. The third-order valence-corrected chi connectivity index (χ3v) is 3.64. The summed E-state index contributed by atoms with van der Waals surface area (Å²) in [5.41, 5.74) is 4.85. The van der Waals surface area contributed by atoms with Crippen molar-refractivity contribution in [3.8, 4) is 0 Å². The molecule has 2 N–H and O–H groups in total. The van der Waals surface area contributed by atoms with Crippen molar-refractivity contribution in [3.05, 3.63) is 59.7 Å². The predicted octanol–water partition coefficient (Wildman–Crippen LogP) is 2.81. The Morgan fingerprint density at radius 1 is 0.714 bits per heavy atom. The Balaban J connectivity index is 1.37. The molecule has 0 aliphatic carbocycles. The van der Waals surface area contributed by atoms with Crippen LogP contribution in [-0.4, -0.2) is 25.7 Å². The van der Waals surface area contributed by atoms with Gasteiger partial charge in [0.05, 0.1) is 13.2 Å². The van der Waals surface area contributed by atoms with Crippen molar-refractivity contribution < 1.29 is 9.47 Å². The maximum Gasteiger partial charge on any atom is 0.151 e. The van der Waals surface area contributed by atoms with Gasteiger partial charge in [-0.25, -0.2) is 0 Å². The minimum Gasteiger partial charge on any atom is -0.358 e. The third-order valence-electron chi connectivity index (χ3n) is 3.64. The normalized spacial score (nSPS) is 22.7. The van der Waals surface area contributed by atoms with Crippen LogP contribution in [0.2, 0.25) is 0 Å². The van der Waals surface area contributed by atoms with E-state index in [2.05, 4.69) is 59.2 Å². The highest BCUT2D eigenvalue weighted by Gasteiger charge is 2.22. The maximum atomic E-state index is 5.16. The summed E-state index contributed by atoms with van der Waals surface area (Å²) in [7, 11) is 0. The highest BCUT2D eigenvalue weighted by molar-refractivity contribution is 5.48. The molecule has 0 amide bonds. The van der Waals surface area contributed by atoms with Crippen LogP contribution in [0.15, 0.2) is 48.5 Å². The summed E-state index contributed by atoms with van der Waals surface area (Å²) in [6.07, 6.45) is 1.37. The number of anilines is 2. The van der Waals surface area contributed by atoms with E-state index < -0.39 is 0 Å². The Morgan fingerprint density at radius 2 is 1.10 bits per heavy atom. The van der Waals surface area contributed by atoms with E-state index in [9.17, 15) is 0 Å². The number of hydrogen-bond donors (Lipinski definition) is 2. The van der Waals surface area contributed by atoms with Gasteiger partial charge in [-0.15, -0.1) is 0 Å². The van der Waals surface area contributed by atoms with Gasteiger partial charge in [0.1, 0.15) is 0 Å². The Kier molecular flexibility index (Phi) is 3.25. The standard InChI is InChI=1S/C17H18N2O2/c1-5-14(18-16-10-20-16)6-2-12(1)9-13-3-7-15(8-4-13)19-17-11-21-17/h1-8,16-19H,9-11H2. The minimum atomic E-state index is 0.214. The first-order valence-electron chi connectivity index (χ1n) is 7.29. The first-order chi connectivity index (χ1) is 10.3. The number of hydrogen-bond acceptors (Lipinski definition) is 4. The lowest BCUT2D eigenvalue weighted by molar-refractivity contribution is 0.428. The second kappa shape index (κ2) is 5.39. The Bertz CT molecular complexity index is 546. The van der Waals surface area contributed by atoms with Gasteiger partial charge in [-0.2, -0.15) is 0 Å². The van der Waals surface area contributed by atoms with E-state index in [-0.39, 0.29) is 12.5 Å². The molecule has 2 aliphatic rings. The molecule has 0 saturated carbocycles. The van der Waals surface area contributed by atoms with E-state index in [0.717, 1.165) is 31.0 Å². The molecular weight excluding hydrogens is 264 g/mol. The molecule has 2 aromatic carbocycles. The van der Waals surface area contributed by atoms with Crippen LogP contribution in [0.4, 0.5) is 11.4 Å². The fourth-order valence-corrected chi connectivity index (χ4v) is 2.31. The largest absolute Gasteiger partial charge is 0.358 e. The van der Waals surface area contributed by atoms with Gasteiger partial charge in [-0.05, 0) is 41.8 Å². The van der Waals surface area contributed by atoms with Crippen molar-refractivity contribution in [2.75, 3.05) is 23.8 Å². The van der Waals surface area contributed by atoms with Crippen LogP contribution in [0.5, 0.6) is 0 Å². The van der Waals surface area contributed by atoms with Gasteiger partial charge in [-0.1, -0.05) is 24.3 Å². The van der Waals surface area contributed by atoms with Crippen molar-refractivity contribution in [2.45, 2.75) is 18.9 Å². The van der Waals surface area contributed by atoms with E-state index in [4.69, 9.17) is 9.47 Å². The molecule has 2 saturated heterocycles. The lowest BCUT2D eigenvalue weighted by Gasteiger charge is -2.07. The van der Waals surface area contributed by atoms with E-state index in [0.29, 0.717) is 0 Å². The van der Waals surface area contributed by atoms with E-state index >= 15 is 0 Å². The van der Waals surface area contributed by atoms with E-state index in [1.54, 1.807) is 0 Å². The predicted molar refractivity (Wildman–Crippen MR) is 82.4 cm³/mol. The van der Waals surface area contributed by atoms with Crippen molar-refractivity contribution in [1.29, 1.82) is 0 Å². The molecule has 0 bridgehead atoms. The van der Waals surface area contributed by atoms with Gasteiger partial charge < -0.3 is 20.1 Å². The van der Waals surface area contributed by atoms with Crippen molar-refractivity contribution in [3.63, 3.8) is 0 Å². The minimum absolute atomic E-state index is 0.214. The van der Waals surface area contributed by atoms with Crippen LogP contribution in [0.1, 0.15) is 11.1 Å². The zero-order valence-corrected chi connectivity index (χ0v) is 11.7. The smallest absolute Gasteiger partial charge is 0.151 e. The summed E-state index contributed by atoms with van der Waals surface area (Å²) in [6, 6.07) is 17.1. The average molecular weight is 282 g/mol. The Labute approximate surface area is 124 Å². The second-order valence-corrected chi connectivity index (χ2v) is 5.50. The molecule has 108 valence electrons. The molecule has 2 atom stereocenters. The van der Waals surface area contributed by atoms with Crippen LogP contribution < -0.4 is 10.6 Å². The van der Waals surface area contributed by atoms with E-state index in [1.807, 2.05) is 0 Å². The highest BCUT2D eigenvalue weighted by atomic mass is 16.6. The van der Waals surface area contributed by atoms with E-state index in [1.165, 1.54) is 11.1 Å². The van der Waals surface area contributed by atoms with Gasteiger partial charge in [0, 0.05) is 11.4 Å². The summed E-state index contributed by atoms with van der Waals surface area (Å²) in [4.78, 5) is 0. The highest BCUT2D eigenvalue weighted by Crippen LogP contribution is 2.20. The van der Waals surface area contributed by atoms with Crippen molar-refractivity contribution in [2.24, 2.45) is 0 Å². The van der Waals surface area contributed by atoms with Crippen LogP contribution in [0, 0.1) is 0 Å². The molecule has 2 heterocycles. The van der Waals surface area contributed by atoms with Gasteiger partial charge >= 0.3 is 0 Å². The first kappa shape index (κ1) is 12.7. The van der Waals surface area contributed by atoms with Crippen molar-refractivity contribution >= 4 is 11.4 Å². The fraction of sp³-hybridized carbons (Fsp3) is 0.294. The number of epoxide rings is 2. The van der Waals surface area contributed by atoms with Gasteiger partial charge in [0.25, 0.3) is 0 Å². The zero-order chi connectivity index (χ0) is 14.1. The van der Waals surface area contributed by atoms with Gasteiger partial charge in [0.15, 0.2) is 12.5 Å². The molecule has 21 heavy (non-hydrogen) atoms. The average Bonchev–Trinajstić information content (AvgIpc) is 3.40. The molecule has 2 unspecified atom stereocenters. The molecular formula is C17H18N2O2. The molecule has 2 aliphatic heterocycles. The zero-order valence-electron chi connectivity index (χ0n) is 11.7. The summed E-state index contributed by atoms with van der Waals surface area (Å²) < 4.78 is 10.3. The number of ether oxygens (including phenoxy) is 2. The van der Waals surface area contributed by atoms with Crippen LogP contribution >= 0.6 is 0 Å². The second-order valence-electron chi connectivity index (χ2n) is 5.50. The molecule has 0 radical (unpaired) electrons. The van der Waals surface area contributed by atoms with Crippen LogP contribution in [0.25, 0.3) is 0 Å². The van der Waals surface area contributed by atoms with Crippen LogP contribution in [-0.2, 0) is 15.9 Å². The molecule has 4 heteroatoms. The summed E-state index contributed by atoms with van der Waals surface area (Å²) in [6.45, 7) is 1.63. The molecule has 0 aromatic heterocycles. The first-order valence-corrected chi connectivity index (χ1v) is 7.29. The Morgan fingerprint density at radius 3 is 1.43 bits per heavy atom. The molecule has 2 fully saturated rings. The Hall–Kier alpha value is -2.04. The quantitative estimate of drug-likeness (QED) is 0.800. The topological polar surface area (TPSA) is 49.1 Å².